The van der Waals surface area contributed by atoms with Gasteiger partial charge in [-0.25, -0.2) is 0 Å². The molecule has 4 rings (SSSR count). The van der Waals surface area contributed by atoms with Crippen molar-refractivity contribution in [3.05, 3.63) is 34.9 Å². The average Bonchev–Trinajstić information content (AvgIpc) is 2.82. The maximum atomic E-state index is 6.18. The normalized spacial score (nSPS) is 40.2. The monoisotopic (exact) mass is 275 g/mol. The van der Waals surface area contributed by atoms with Crippen molar-refractivity contribution in [3.8, 4) is 0 Å². The van der Waals surface area contributed by atoms with Gasteiger partial charge in [-0.3, -0.25) is 0 Å². The van der Waals surface area contributed by atoms with Gasteiger partial charge in [0.05, 0.1) is 0 Å². The summed E-state index contributed by atoms with van der Waals surface area (Å²) in [5.41, 5.74) is 1.40. The van der Waals surface area contributed by atoms with Gasteiger partial charge in [-0.2, -0.15) is 0 Å². The van der Waals surface area contributed by atoms with Crippen molar-refractivity contribution in [2.75, 3.05) is 6.54 Å². The van der Waals surface area contributed by atoms with Crippen molar-refractivity contribution in [1.29, 1.82) is 0 Å². The third-order valence-electron chi connectivity index (χ3n) is 5.81. The van der Waals surface area contributed by atoms with Crippen LogP contribution in [0.4, 0.5) is 0 Å². The molecule has 3 aliphatic carbocycles. The first-order valence-electron chi connectivity index (χ1n) is 7.78. The molecule has 0 aliphatic heterocycles. The zero-order valence-corrected chi connectivity index (χ0v) is 12.2. The first kappa shape index (κ1) is 12.2. The molecule has 102 valence electrons. The van der Waals surface area contributed by atoms with E-state index in [2.05, 4.69) is 30.4 Å². The molecular weight excluding hydrogens is 254 g/mol. The molecule has 3 saturated carbocycles. The summed E-state index contributed by atoms with van der Waals surface area (Å²) < 4.78 is 0. The van der Waals surface area contributed by atoms with Crippen molar-refractivity contribution < 1.29 is 0 Å². The molecule has 0 amide bonds. The predicted octanol–water partition coefficient (Wildman–Crippen LogP) is 4.28. The Bertz CT molecular complexity index is 470. The summed E-state index contributed by atoms with van der Waals surface area (Å²) >= 11 is 6.18. The van der Waals surface area contributed by atoms with E-state index in [9.17, 15) is 0 Å². The van der Waals surface area contributed by atoms with E-state index in [0.29, 0.717) is 6.04 Å². The van der Waals surface area contributed by atoms with Crippen molar-refractivity contribution in [3.63, 3.8) is 0 Å². The standard InChI is InChI=1S/C17H22ClN/c1-2-19-17(12-4-3-5-13(18)9-12)16-14-10-6-7-11(8-10)15(14)16/h3-5,9-11,14-17,19H,2,6-8H2,1H3. The third-order valence-corrected chi connectivity index (χ3v) is 6.05. The molecule has 5 unspecified atom stereocenters. The Hall–Kier alpha value is -0.530. The lowest BCUT2D eigenvalue weighted by molar-refractivity contribution is 0.375. The van der Waals surface area contributed by atoms with Crippen molar-refractivity contribution >= 4 is 11.6 Å². The van der Waals surface area contributed by atoms with Crippen LogP contribution in [0.2, 0.25) is 5.02 Å². The molecule has 1 N–H and O–H groups in total. The highest BCUT2D eigenvalue weighted by Gasteiger charge is 2.66. The van der Waals surface area contributed by atoms with E-state index in [1.54, 1.807) is 0 Å². The molecule has 0 aromatic heterocycles. The number of rotatable bonds is 4. The van der Waals surface area contributed by atoms with E-state index in [-0.39, 0.29) is 0 Å². The molecule has 19 heavy (non-hydrogen) atoms. The minimum atomic E-state index is 0.530. The van der Waals surface area contributed by atoms with E-state index in [1.807, 2.05) is 6.07 Å². The predicted molar refractivity (Wildman–Crippen MR) is 79.2 cm³/mol. The van der Waals surface area contributed by atoms with E-state index in [4.69, 9.17) is 11.6 Å². The van der Waals surface area contributed by atoms with Gasteiger partial charge in [0.2, 0.25) is 0 Å². The summed E-state index contributed by atoms with van der Waals surface area (Å²) in [6, 6.07) is 9.00. The fourth-order valence-corrected chi connectivity index (χ4v) is 5.43. The maximum absolute atomic E-state index is 6.18. The molecule has 5 atom stereocenters. The van der Waals surface area contributed by atoms with E-state index in [1.165, 1.54) is 24.8 Å². The highest BCUT2D eigenvalue weighted by molar-refractivity contribution is 6.30. The Morgan fingerprint density at radius 1 is 1.26 bits per heavy atom. The highest BCUT2D eigenvalue weighted by Crippen LogP contribution is 2.72. The van der Waals surface area contributed by atoms with Crippen LogP contribution in [-0.2, 0) is 0 Å². The van der Waals surface area contributed by atoms with E-state index in [0.717, 1.165) is 41.2 Å². The minimum Gasteiger partial charge on any atom is -0.310 e. The van der Waals surface area contributed by atoms with Crippen molar-refractivity contribution in [2.45, 2.75) is 32.2 Å². The molecule has 0 saturated heterocycles. The van der Waals surface area contributed by atoms with Crippen LogP contribution >= 0.6 is 11.6 Å². The van der Waals surface area contributed by atoms with Gasteiger partial charge in [-0.1, -0.05) is 30.7 Å². The topological polar surface area (TPSA) is 12.0 Å². The van der Waals surface area contributed by atoms with Crippen LogP contribution in [0.15, 0.2) is 24.3 Å². The van der Waals surface area contributed by atoms with Crippen LogP contribution < -0.4 is 5.32 Å². The van der Waals surface area contributed by atoms with Crippen molar-refractivity contribution in [1.82, 2.24) is 5.32 Å². The number of hydrogen-bond acceptors (Lipinski definition) is 1. The van der Waals surface area contributed by atoms with Crippen LogP contribution in [0, 0.1) is 29.6 Å². The van der Waals surface area contributed by atoms with Crippen LogP contribution in [0.3, 0.4) is 0 Å². The molecule has 1 aromatic rings. The van der Waals surface area contributed by atoms with Gasteiger partial charge in [-0.05, 0) is 73.1 Å². The zero-order valence-electron chi connectivity index (χ0n) is 11.5. The summed E-state index contributed by atoms with van der Waals surface area (Å²) in [6.07, 6.45) is 4.52. The Kier molecular flexibility index (Phi) is 2.89. The van der Waals surface area contributed by atoms with Gasteiger partial charge in [0.15, 0.2) is 0 Å². The fourth-order valence-electron chi connectivity index (χ4n) is 5.23. The van der Waals surface area contributed by atoms with E-state index >= 15 is 0 Å². The summed E-state index contributed by atoms with van der Waals surface area (Å²) in [5, 5.41) is 4.60. The number of hydrogen-bond donors (Lipinski definition) is 1. The highest BCUT2D eigenvalue weighted by atomic mass is 35.5. The van der Waals surface area contributed by atoms with Crippen LogP contribution in [0.25, 0.3) is 0 Å². The Labute approximate surface area is 120 Å². The SMILES string of the molecule is CCNC(c1cccc(Cl)c1)C1C2C3CCC(C3)C21. The second-order valence-electron chi connectivity index (χ2n) is 6.66. The number of halogens is 1. The summed E-state index contributed by atoms with van der Waals surface area (Å²) in [6.45, 7) is 3.26. The maximum Gasteiger partial charge on any atom is 0.0409 e. The molecule has 2 heteroatoms. The van der Waals surface area contributed by atoms with Crippen molar-refractivity contribution in [2.24, 2.45) is 29.6 Å². The molecule has 3 aliphatic rings. The molecular formula is C17H22ClN. The summed E-state index contributed by atoms with van der Waals surface area (Å²) in [7, 11) is 0. The lowest BCUT2D eigenvalue weighted by Gasteiger charge is -2.22. The van der Waals surface area contributed by atoms with Crippen LogP contribution in [0.5, 0.6) is 0 Å². The molecule has 1 aromatic carbocycles. The molecule has 0 radical (unpaired) electrons. The van der Waals surface area contributed by atoms with Gasteiger partial charge in [0, 0.05) is 11.1 Å². The molecule has 3 fully saturated rings. The molecule has 1 nitrogen and oxygen atoms in total. The quantitative estimate of drug-likeness (QED) is 0.865. The van der Waals surface area contributed by atoms with Crippen LogP contribution in [0.1, 0.15) is 37.8 Å². The third kappa shape index (κ3) is 1.86. The van der Waals surface area contributed by atoms with Gasteiger partial charge >= 0.3 is 0 Å². The number of benzene rings is 1. The van der Waals surface area contributed by atoms with Gasteiger partial charge in [0.25, 0.3) is 0 Å². The number of nitrogens with one attached hydrogen (secondary N) is 1. The lowest BCUT2D eigenvalue weighted by Crippen LogP contribution is -2.25. The second kappa shape index (κ2) is 4.49. The Morgan fingerprint density at radius 2 is 2.00 bits per heavy atom. The molecule has 0 heterocycles. The van der Waals surface area contributed by atoms with Gasteiger partial charge in [0.1, 0.15) is 0 Å². The molecule has 2 bridgehead atoms. The largest absolute Gasteiger partial charge is 0.310 e. The Balaban J connectivity index is 1.60. The zero-order chi connectivity index (χ0) is 13.0. The second-order valence-corrected chi connectivity index (χ2v) is 7.09. The average molecular weight is 276 g/mol. The fraction of sp³-hybridized carbons (Fsp3) is 0.647. The summed E-state index contributed by atoms with van der Waals surface area (Å²) in [4.78, 5) is 0. The first-order chi connectivity index (χ1) is 9.29. The van der Waals surface area contributed by atoms with E-state index < -0.39 is 0 Å². The summed E-state index contributed by atoms with van der Waals surface area (Å²) in [5.74, 6) is 4.99. The first-order valence-corrected chi connectivity index (χ1v) is 8.16. The number of fused-ring (bicyclic) bond motifs is 5. The van der Waals surface area contributed by atoms with Crippen LogP contribution in [-0.4, -0.2) is 6.54 Å². The lowest BCUT2D eigenvalue weighted by atomic mass is 9.93. The van der Waals surface area contributed by atoms with Gasteiger partial charge < -0.3 is 5.32 Å². The molecule has 0 spiro atoms. The smallest absolute Gasteiger partial charge is 0.0409 e. The van der Waals surface area contributed by atoms with Gasteiger partial charge in [-0.15, -0.1) is 0 Å². The minimum absolute atomic E-state index is 0.530. The Morgan fingerprint density at radius 3 is 2.63 bits per heavy atom.